The molecule has 0 aromatic rings. The van der Waals surface area contributed by atoms with E-state index in [-0.39, 0.29) is 11.8 Å². The van der Waals surface area contributed by atoms with Crippen molar-refractivity contribution in [2.45, 2.75) is 52.6 Å². The van der Waals surface area contributed by atoms with Gasteiger partial charge in [0.2, 0.25) is 5.91 Å². The molecular weight excluding hydrogens is 202 g/mol. The average molecular weight is 227 g/mol. The van der Waals surface area contributed by atoms with Crippen molar-refractivity contribution in [1.82, 2.24) is 4.90 Å². The third-order valence-electron chi connectivity index (χ3n) is 3.10. The number of hydrogen-bond donors (Lipinski definition) is 0. The number of amides is 1. The van der Waals surface area contributed by atoms with Gasteiger partial charge in [0.1, 0.15) is 0 Å². The van der Waals surface area contributed by atoms with E-state index in [2.05, 4.69) is 6.92 Å². The molecule has 0 N–H and O–H groups in total. The van der Waals surface area contributed by atoms with Crippen LogP contribution in [0.3, 0.4) is 0 Å². The second kappa shape index (κ2) is 6.89. The van der Waals surface area contributed by atoms with Crippen LogP contribution < -0.4 is 0 Å². The highest BCUT2D eigenvalue weighted by atomic mass is 16.5. The van der Waals surface area contributed by atoms with Crippen molar-refractivity contribution in [1.29, 1.82) is 0 Å². The van der Waals surface area contributed by atoms with Gasteiger partial charge in [-0.1, -0.05) is 27.2 Å². The normalized spacial score (nSPS) is 18.1. The lowest BCUT2D eigenvalue weighted by Gasteiger charge is -2.33. The minimum absolute atomic E-state index is 0.123. The van der Waals surface area contributed by atoms with Crippen molar-refractivity contribution in [3.05, 3.63) is 0 Å². The van der Waals surface area contributed by atoms with E-state index in [1.165, 1.54) is 6.42 Å². The van der Waals surface area contributed by atoms with Crippen LogP contribution in [0, 0.1) is 5.92 Å². The lowest BCUT2D eigenvalue weighted by Crippen LogP contribution is -2.42. The summed E-state index contributed by atoms with van der Waals surface area (Å²) in [5, 5.41) is 0. The monoisotopic (exact) mass is 227 g/mol. The number of hydrogen-bond acceptors (Lipinski definition) is 2. The molecule has 0 saturated carbocycles. The van der Waals surface area contributed by atoms with Crippen molar-refractivity contribution in [3.8, 4) is 0 Å². The van der Waals surface area contributed by atoms with E-state index in [0.717, 1.165) is 39.0 Å². The molecule has 1 rings (SSSR count). The minimum Gasteiger partial charge on any atom is -0.378 e. The number of carbonyl (C=O) groups is 1. The Hall–Kier alpha value is -0.570. The zero-order valence-electron chi connectivity index (χ0n) is 10.9. The number of ether oxygens (including phenoxy) is 1. The van der Waals surface area contributed by atoms with Crippen LogP contribution in [0.1, 0.15) is 46.5 Å². The van der Waals surface area contributed by atoms with Gasteiger partial charge in [-0.25, -0.2) is 0 Å². The van der Waals surface area contributed by atoms with Crippen molar-refractivity contribution in [2.24, 2.45) is 5.92 Å². The van der Waals surface area contributed by atoms with E-state index in [1.54, 1.807) is 0 Å². The van der Waals surface area contributed by atoms with E-state index in [0.29, 0.717) is 6.10 Å². The molecular formula is C13H25NO2. The van der Waals surface area contributed by atoms with Crippen LogP contribution in [-0.2, 0) is 9.53 Å². The molecule has 1 amide bonds. The molecule has 1 fully saturated rings. The van der Waals surface area contributed by atoms with Crippen molar-refractivity contribution in [2.75, 3.05) is 19.7 Å². The molecule has 1 saturated heterocycles. The van der Waals surface area contributed by atoms with Gasteiger partial charge in [0.05, 0.1) is 6.10 Å². The average Bonchev–Trinajstić information content (AvgIpc) is 2.29. The van der Waals surface area contributed by atoms with Crippen molar-refractivity contribution >= 4 is 5.91 Å². The largest absolute Gasteiger partial charge is 0.378 e. The van der Waals surface area contributed by atoms with Crippen molar-refractivity contribution in [3.63, 3.8) is 0 Å². The lowest BCUT2D eigenvalue weighted by atomic mass is 10.1. The molecule has 1 aliphatic rings. The van der Waals surface area contributed by atoms with E-state index < -0.39 is 0 Å². The Morgan fingerprint density at radius 1 is 1.38 bits per heavy atom. The lowest BCUT2D eigenvalue weighted by molar-refractivity contribution is -0.137. The summed E-state index contributed by atoms with van der Waals surface area (Å²) in [7, 11) is 0. The Morgan fingerprint density at radius 2 is 2.00 bits per heavy atom. The maximum atomic E-state index is 11.8. The highest BCUT2D eigenvalue weighted by Crippen LogP contribution is 2.16. The van der Waals surface area contributed by atoms with Gasteiger partial charge in [-0.05, 0) is 19.3 Å². The molecule has 1 aliphatic heterocycles. The van der Waals surface area contributed by atoms with E-state index in [4.69, 9.17) is 4.74 Å². The van der Waals surface area contributed by atoms with Gasteiger partial charge < -0.3 is 9.64 Å². The Labute approximate surface area is 99.1 Å². The topological polar surface area (TPSA) is 29.5 Å². The highest BCUT2D eigenvalue weighted by Gasteiger charge is 2.24. The zero-order chi connectivity index (χ0) is 12.0. The fraction of sp³-hybridized carbons (Fsp3) is 0.923. The molecule has 0 bridgehead atoms. The van der Waals surface area contributed by atoms with Crippen LogP contribution in [0.4, 0.5) is 0 Å². The molecule has 0 atom stereocenters. The summed E-state index contributed by atoms with van der Waals surface area (Å²) in [5.41, 5.74) is 0. The van der Waals surface area contributed by atoms with Crippen LogP contribution in [0.25, 0.3) is 0 Å². The Kier molecular flexibility index (Phi) is 5.81. The second-order valence-corrected chi connectivity index (χ2v) is 4.90. The van der Waals surface area contributed by atoms with Gasteiger partial charge in [-0.2, -0.15) is 0 Å². The number of rotatable bonds is 5. The number of piperidine rings is 1. The van der Waals surface area contributed by atoms with Gasteiger partial charge in [0.15, 0.2) is 0 Å². The minimum atomic E-state index is 0.123. The molecule has 16 heavy (non-hydrogen) atoms. The Balaban J connectivity index is 2.20. The molecule has 1 heterocycles. The Morgan fingerprint density at radius 3 is 2.50 bits per heavy atom. The van der Waals surface area contributed by atoms with Gasteiger partial charge in [0, 0.05) is 25.6 Å². The number of unbranched alkanes of at least 4 members (excludes halogenated alkanes) is 1. The SMILES string of the molecule is CCCCOC1CCN(C(=O)C(C)C)CC1. The van der Waals surface area contributed by atoms with Crippen LogP contribution in [0.15, 0.2) is 0 Å². The quantitative estimate of drug-likeness (QED) is 0.675. The summed E-state index contributed by atoms with van der Waals surface area (Å²) in [6, 6.07) is 0. The number of likely N-dealkylation sites (tertiary alicyclic amines) is 1. The second-order valence-electron chi connectivity index (χ2n) is 4.90. The zero-order valence-corrected chi connectivity index (χ0v) is 10.9. The van der Waals surface area contributed by atoms with E-state index in [9.17, 15) is 4.79 Å². The smallest absolute Gasteiger partial charge is 0.225 e. The van der Waals surface area contributed by atoms with Crippen LogP contribution in [0.5, 0.6) is 0 Å². The third-order valence-corrected chi connectivity index (χ3v) is 3.10. The molecule has 0 aromatic carbocycles. The van der Waals surface area contributed by atoms with Crippen LogP contribution >= 0.6 is 0 Å². The summed E-state index contributed by atoms with van der Waals surface area (Å²) < 4.78 is 5.77. The molecule has 3 nitrogen and oxygen atoms in total. The summed E-state index contributed by atoms with van der Waals surface area (Å²) in [6.45, 7) is 8.71. The first-order valence-corrected chi connectivity index (χ1v) is 6.55. The molecule has 0 aliphatic carbocycles. The highest BCUT2D eigenvalue weighted by molar-refractivity contribution is 5.78. The number of carbonyl (C=O) groups excluding carboxylic acids is 1. The maximum absolute atomic E-state index is 11.8. The summed E-state index contributed by atoms with van der Waals surface area (Å²) in [4.78, 5) is 13.7. The predicted molar refractivity (Wildman–Crippen MR) is 65.3 cm³/mol. The molecule has 0 unspecified atom stereocenters. The van der Waals surface area contributed by atoms with Crippen molar-refractivity contribution < 1.29 is 9.53 Å². The van der Waals surface area contributed by atoms with Gasteiger partial charge in [-0.3, -0.25) is 4.79 Å². The first-order chi connectivity index (χ1) is 7.65. The maximum Gasteiger partial charge on any atom is 0.225 e. The van der Waals surface area contributed by atoms with E-state index >= 15 is 0 Å². The van der Waals surface area contributed by atoms with Crippen LogP contribution in [-0.4, -0.2) is 36.6 Å². The van der Waals surface area contributed by atoms with Gasteiger partial charge in [-0.15, -0.1) is 0 Å². The summed E-state index contributed by atoms with van der Waals surface area (Å²) >= 11 is 0. The molecule has 3 heteroatoms. The fourth-order valence-corrected chi connectivity index (χ4v) is 2.00. The van der Waals surface area contributed by atoms with Gasteiger partial charge >= 0.3 is 0 Å². The summed E-state index contributed by atoms with van der Waals surface area (Å²) in [6.07, 6.45) is 4.71. The number of nitrogens with zero attached hydrogens (tertiary/aromatic N) is 1. The molecule has 94 valence electrons. The predicted octanol–water partition coefficient (Wildman–Crippen LogP) is 2.45. The first-order valence-electron chi connectivity index (χ1n) is 6.55. The van der Waals surface area contributed by atoms with Crippen LogP contribution in [0.2, 0.25) is 0 Å². The van der Waals surface area contributed by atoms with Gasteiger partial charge in [0.25, 0.3) is 0 Å². The Bertz CT molecular complexity index is 208. The standard InChI is InChI=1S/C13H25NO2/c1-4-5-10-16-12-6-8-14(9-7-12)13(15)11(2)3/h11-12H,4-10H2,1-3H3. The molecule has 0 radical (unpaired) electrons. The van der Waals surface area contributed by atoms with E-state index in [1.807, 2.05) is 18.7 Å². The summed E-state index contributed by atoms with van der Waals surface area (Å²) in [5.74, 6) is 0.407. The molecule has 0 aromatic heterocycles. The fourth-order valence-electron chi connectivity index (χ4n) is 2.00. The molecule has 0 spiro atoms. The first kappa shape index (κ1) is 13.5. The third kappa shape index (κ3) is 4.12.